The van der Waals surface area contributed by atoms with Crippen LogP contribution in [0.15, 0.2) is 24.3 Å². The first-order valence-electron chi connectivity index (χ1n) is 7.49. The summed E-state index contributed by atoms with van der Waals surface area (Å²) in [7, 11) is 0. The molecule has 0 aromatic heterocycles. The highest BCUT2D eigenvalue weighted by molar-refractivity contribution is 5.73. The van der Waals surface area contributed by atoms with E-state index in [9.17, 15) is 4.79 Å². The molecule has 0 heterocycles. The largest absolute Gasteiger partial charge is 0.490 e. The van der Waals surface area contributed by atoms with Gasteiger partial charge in [0.1, 0.15) is 6.04 Å². The maximum Gasteiger partial charge on any atom is 0.320 e. The molecule has 0 radical (unpaired) electrons. The van der Waals surface area contributed by atoms with Crippen LogP contribution in [-0.4, -0.2) is 36.9 Å². The third-order valence-electron chi connectivity index (χ3n) is 2.91. The lowest BCUT2D eigenvalue weighted by molar-refractivity contribution is -0.139. The minimum Gasteiger partial charge on any atom is -0.490 e. The molecule has 0 aliphatic carbocycles. The molecule has 5 nitrogen and oxygen atoms in total. The smallest absolute Gasteiger partial charge is 0.320 e. The number of hydrogen-bond acceptors (Lipinski definition) is 4. The van der Waals surface area contributed by atoms with Crippen LogP contribution in [0.25, 0.3) is 0 Å². The Morgan fingerprint density at radius 3 is 2.29 bits per heavy atom. The number of benzene rings is 1. The lowest BCUT2D eigenvalue weighted by Gasteiger charge is -2.16. The van der Waals surface area contributed by atoms with Gasteiger partial charge in [-0.1, -0.05) is 26.0 Å². The van der Waals surface area contributed by atoms with Crippen molar-refractivity contribution in [3.8, 4) is 11.5 Å². The van der Waals surface area contributed by atoms with E-state index in [0.717, 1.165) is 12.8 Å². The minimum absolute atomic E-state index is 0.334. The summed E-state index contributed by atoms with van der Waals surface area (Å²) in [6.45, 7) is 5.70. The summed E-state index contributed by atoms with van der Waals surface area (Å²) < 4.78 is 11.3. The Labute approximate surface area is 126 Å². The third-order valence-corrected chi connectivity index (χ3v) is 2.91. The minimum atomic E-state index is -0.845. The number of ether oxygens (including phenoxy) is 2. The summed E-state index contributed by atoms with van der Waals surface area (Å²) in [6, 6.07) is 6.88. The Balaban J connectivity index is 2.48. The highest BCUT2D eigenvalue weighted by atomic mass is 16.5. The van der Waals surface area contributed by atoms with Gasteiger partial charge < -0.3 is 19.9 Å². The van der Waals surface area contributed by atoms with Crippen molar-refractivity contribution in [1.29, 1.82) is 0 Å². The number of aliphatic carboxylic acids is 1. The molecule has 118 valence electrons. The van der Waals surface area contributed by atoms with Crippen molar-refractivity contribution in [2.24, 2.45) is 0 Å². The highest BCUT2D eigenvalue weighted by Crippen LogP contribution is 2.26. The number of rotatable bonds is 11. The summed E-state index contributed by atoms with van der Waals surface area (Å²) in [4.78, 5) is 11.1. The molecule has 1 rings (SSSR count). The van der Waals surface area contributed by atoms with Crippen molar-refractivity contribution in [2.45, 2.75) is 39.2 Å². The van der Waals surface area contributed by atoms with Crippen molar-refractivity contribution in [3.63, 3.8) is 0 Å². The van der Waals surface area contributed by atoms with Crippen molar-refractivity contribution < 1.29 is 19.4 Å². The number of hydrogen-bond donors (Lipinski definition) is 2. The summed E-state index contributed by atoms with van der Waals surface area (Å²) in [5.74, 6) is 0.515. The molecule has 0 saturated carbocycles. The van der Waals surface area contributed by atoms with Crippen molar-refractivity contribution in [2.75, 3.05) is 19.8 Å². The molecule has 21 heavy (non-hydrogen) atoms. The van der Waals surface area contributed by atoms with E-state index in [2.05, 4.69) is 5.32 Å². The van der Waals surface area contributed by atoms with Gasteiger partial charge in [0, 0.05) is 6.42 Å². The van der Waals surface area contributed by atoms with Gasteiger partial charge >= 0.3 is 5.97 Å². The van der Waals surface area contributed by atoms with Gasteiger partial charge in [0.05, 0.1) is 13.2 Å². The van der Waals surface area contributed by atoms with Crippen molar-refractivity contribution in [3.05, 3.63) is 24.3 Å². The first kappa shape index (κ1) is 17.3. The maximum atomic E-state index is 11.1. The molecule has 2 N–H and O–H groups in total. The molecule has 5 heteroatoms. The first-order chi connectivity index (χ1) is 10.2. The lowest BCUT2D eigenvalue weighted by atomic mass is 10.2. The van der Waals surface area contributed by atoms with E-state index in [1.807, 2.05) is 38.1 Å². The predicted octanol–water partition coefficient (Wildman–Crippen LogP) is 2.70. The van der Waals surface area contributed by atoms with Gasteiger partial charge in [0.15, 0.2) is 11.5 Å². The Kier molecular flexibility index (Phi) is 8.28. The fourth-order valence-electron chi connectivity index (χ4n) is 1.82. The van der Waals surface area contributed by atoms with E-state index in [1.165, 1.54) is 0 Å². The summed E-state index contributed by atoms with van der Waals surface area (Å²) >= 11 is 0. The van der Waals surface area contributed by atoms with E-state index in [0.29, 0.717) is 37.7 Å². The molecule has 1 unspecified atom stereocenters. The standard InChI is InChI=1S/C16H25NO4/c1-3-10-17-13(16(18)19)9-12-21-15-8-6-5-7-14(15)20-11-4-2/h5-8,13,17H,3-4,9-12H2,1-2H3,(H,18,19). The predicted molar refractivity (Wildman–Crippen MR) is 82.1 cm³/mol. The average molecular weight is 295 g/mol. The fraction of sp³-hybridized carbons (Fsp3) is 0.562. The van der Waals surface area contributed by atoms with Crippen LogP contribution in [0.1, 0.15) is 33.1 Å². The maximum absolute atomic E-state index is 11.1. The topological polar surface area (TPSA) is 67.8 Å². The number of para-hydroxylation sites is 2. The molecule has 0 aliphatic rings. The van der Waals surface area contributed by atoms with Crippen LogP contribution in [0.5, 0.6) is 11.5 Å². The van der Waals surface area contributed by atoms with Gasteiger partial charge in [-0.25, -0.2) is 0 Å². The Morgan fingerprint density at radius 2 is 1.76 bits per heavy atom. The van der Waals surface area contributed by atoms with Crippen LogP contribution in [0.4, 0.5) is 0 Å². The van der Waals surface area contributed by atoms with Crippen molar-refractivity contribution in [1.82, 2.24) is 5.32 Å². The Bertz CT molecular complexity index is 422. The molecule has 1 atom stereocenters. The van der Waals surface area contributed by atoms with Gasteiger partial charge in [-0.05, 0) is 31.5 Å². The van der Waals surface area contributed by atoms with Gasteiger partial charge in [0.25, 0.3) is 0 Å². The summed E-state index contributed by atoms with van der Waals surface area (Å²) in [5.41, 5.74) is 0. The second-order valence-corrected chi connectivity index (χ2v) is 4.78. The second kappa shape index (κ2) is 10.0. The summed E-state index contributed by atoms with van der Waals surface area (Å²) in [5, 5.41) is 12.1. The van der Waals surface area contributed by atoms with E-state index >= 15 is 0 Å². The number of carbonyl (C=O) groups is 1. The molecule has 0 amide bonds. The summed E-state index contributed by atoms with van der Waals surface area (Å²) in [6.07, 6.45) is 2.24. The van der Waals surface area contributed by atoms with E-state index in [4.69, 9.17) is 14.6 Å². The third kappa shape index (κ3) is 6.49. The quantitative estimate of drug-likeness (QED) is 0.657. The molecule has 1 aromatic rings. The number of nitrogens with one attached hydrogen (secondary N) is 1. The molecule has 0 spiro atoms. The monoisotopic (exact) mass is 295 g/mol. The van der Waals surface area contributed by atoms with E-state index in [1.54, 1.807) is 0 Å². The molecular weight excluding hydrogens is 270 g/mol. The van der Waals surface area contributed by atoms with Gasteiger partial charge in [0.2, 0.25) is 0 Å². The second-order valence-electron chi connectivity index (χ2n) is 4.78. The molecule has 0 aliphatic heterocycles. The molecule has 0 fully saturated rings. The van der Waals surface area contributed by atoms with Gasteiger partial charge in [-0.3, -0.25) is 4.79 Å². The highest BCUT2D eigenvalue weighted by Gasteiger charge is 2.16. The van der Waals surface area contributed by atoms with Crippen LogP contribution < -0.4 is 14.8 Å². The van der Waals surface area contributed by atoms with Gasteiger partial charge in [-0.2, -0.15) is 0 Å². The molecular formula is C16H25NO4. The SMILES string of the molecule is CCCNC(CCOc1ccccc1OCCC)C(=O)O. The Hall–Kier alpha value is -1.75. The lowest BCUT2D eigenvalue weighted by Crippen LogP contribution is -2.38. The Morgan fingerprint density at radius 1 is 1.14 bits per heavy atom. The molecule has 0 bridgehead atoms. The molecule has 0 saturated heterocycles. The van der Waals surface area contributed by atoms with Crippen LogP contribution in [0, 0.1) is 0 Å². The van der Waals surface area contributed by atoms with Crippen LogP contribution >= 0.6 is 0 Å². The zero-order valence-corrected chi connectivity index (χ0v) is 12.8. The van der Waals surface area contributed by atoms with E-state index < -0.39 is 12.0 Å². The first-order valence-corrected chi connectivity index (χ1v) is 7.49. The van der Waals surface area contributed by atoms with Crippen LogP contribution in [0.3, 0.4) is 0 Å². The van der Waals surface area contributed by atoms with Crippen LogP contribution in [-0.2, 0) is 4.79 Å². The van der Waals surface area contributed by atoms with Gasteiger partial charge in [-0.15, -0.1) is 0 Å². The number of carboxylic acid groups (broad SMARTS) is 1. The average Bonchev–Trinajstić information content (AvgIpc) is 2.49. The fourth-order valence-corrected chi connectivity index (χ4v) is 1.82. The van der Waals surface area contributed by atoms with E-state index in [-0.39, 0.29) is 0 Å². The zero-order chi connectivity index (χ0) is 15.5. The normalized spacial score (nSPS) is 11.9. The van der Waals surface area contributed by atoms with Crippen molar-refractivity contribution >= 4 is 5.97 Å². The zero-order valence-electron chi connectivity index (χ0n) is 12.8. The number of carboxylic acids is 1. The molecule has 1 aromatic carbocycles. The van der Waals surface area contributed by atoms with Crippen LogP contribution in [0.2, 0.25) is 0 Å².